The lowest BCUT2D eigenvalue weighted by molar-refractivity contribution is 0.580. The Hall–Kier alpha value is -0.260. The Morgan fingerprint density at radius 2 is 2.00 bits per heavy atom. The molecule has 0 aliphatic rings. The van der Waals surface area contributed by atoms with Gasteiger partial charge in [0.05, 0.1) is 0 Å². The quantitative estimate of drug-likeness (QED) is 0.327. The number of nitrogens with zero attached hydrogens (tertiary/aromatic N) is 2. The van der Waals surface area contributed by atoms with Crippen molar-refractivity contribution in [1.29, 1.82) is 5.53 Å². The highest BCUT2D eigenvalue weighted by molar-refractivity contribution is 14.1. The third kappa shape index (κ3) is 4.23. The summed E-state index contributed by atoms with van der Waals surface area (Å²) in [5, 5.41) is 3.34. The molecular weight excluding hydrogens is 253 g/mol. The predicted octanol–water partition coefficient (Wildman–Crippen LogP) is 3.37. The van der Waals surface area contributed by atoms with Gasteiger partial charge in [-0.25, -0.2) is 10.5 Å². The van der Waals surface area contributed by atoms with Gasteiger partial charge in [-0.15, -0.1) is 5.11 Å². The van der Waals surface area contributed by atoms with Crippen LogP contribution in [0.5, 0.6) is 0 Å². The summed E-state index contributed by atoms with van der Waals surface area (Å²) in [5.41, 5.74) is 6.71. The van der Waals surface area contributed by atoms with E-state index in [1.807, 2.05) is 20.8 Å². The summed E-state index contributed by atoms with van der Waals surface area (Å²) in [7, 11) is 0. The van der Waals surface area contributed by atoms with E-state index in [2.05, 4.69) is 32.7 Å². The van der Waals surface area contributed by atoms with E-state index in [1.165, 1.54) is 0 Å². The van der Waals surface area contributed by atoms with Crippen molar-refractivity contribution in [3.05, 3.63) is 10.3 Å². The Kier molecular flexibility index (Phi) is 4.48. The van der Waals surface area contributed by atoms with Crippen molar-refractivity contribution in [2.75, 3.05) is 0 Å². The Bertz CT molecular complexity index is 188. The number of amidine groups is 1. The maximum atomic E-state index is 6.85. The van der Waals surface area contributed by atoms with Crippen LogP contribution in [0.3, 0.4) is 0 Å². The Labute approximate surface area is 80.6 Å². The Balaban J connectivity index is 4.53. The van der Waals surface area contributed by atoms with Gasteiger partial charge < -0.3 is 0 Å². The second-order valence-corrected chi connectivity index (χ2v) is 3.81. The fourth-order valence-corrected chi connectivity index (χ4v) is 0.650. The lowest BCUT2D eigenvalue weighted by Gasteiger charge is -2.14. The molecule has 4 heteroatoms. The van der Waals surface area contributed by atoms with Crippen molar-refractivity contribution >= 4 is 28.4 Å². The van der Waals surface area contributed by atoms with Crippen molar-refractivity contribution < 1.29 is 0 Å². The maximum Gasteiger partial charge on any atom is 0.155 e. The molecule has 0 bridgehead atoms. The van der Waals surface area contributed by atoms with Crippen molar-refractivity contribution in [3.63, 3.8) is 0 Å². The van der Waals surface area contributed by atoms with E-state index < -0.39 is 0 Å². The van der Waals surface area contributed by atoms with Crippen LogP contribution < -0.4 is 0 Å². The average molecular weight is 265 g/mol. The standard InChI is InChI=1S/C7H12IN3/c1-7(2,3)6(11-9)10-5-4-8/h4-5,9H,1-3H3/b5-4-,10-6-,11-9?. The molecule has 0 atom stereocenters. The van der Waals surface area contributed by atoms with E-state index in [9.17, 15) is 0 Å². The van der Waals surface area contributed by atoms with Crippen LogP contribution in [0.2, 0.25) is 0 Å². The minimum absolute atomic E-state index is 0.141. The molecule has 0 saturated carbocycles. The van der Waals surface area contributed by atoms with Crippen molar-refractivity contribution in [1.82, 2.24) is 0 Å². The van der Waals surface area contributed by atoms with Gasteiger partial charge in [-0.2, -0.15) is 0 Å². The van der Waals surface area contributed by atoms with Crippen molar-refractivity contribution in [2.45, 2.75) is 20.8 Å². The molecule has 0 aliphatic carbocycles. The number of rotatable bonds is 1. The zero-order valence-electron chi connectivity index (χ0n) is 6.93. The first kappa shape index (κ1) is 10.7. The summed E-state index contributed by atoms with van der Waals surface area (Å²) in [6.07, 6.45) is 1.64. The minimum atomic E-state index is -0.141. The fraction of sp³-hybridized carbons (Fsp3) is 0.571. The summed E-state index contributed by atoms with van der Waals surface area (Å²) < 4.78 is 1.79. The first-order chi connectivity index (χ1) is 5.02. The molecule has 0 rings (SSSR count). The average Bonchev–Trinajstić information content (AvgIpc) is 1.87. The summed E-state index contributed by atoms with van der Waals surface area (Å²) in [5.74, 6) is 0.547. The molecule has 62 valence electrons. The van der Waals surface area contributed by atoms with Crippen LogP contribution in [0.15, 0.2) is 20.4 Å². The molecule has 3 nitrogen and oxygen atoms in total. The summed E-state index contributed by atoms with van der Waals surface area (Å²) in [6, 6.07) is 0. The second kappa shape index (κ2) is 4.58. The molecular formula is C7H12IN3. The largest absolute Gasteiger partial charge is 0.238 e. The highest BCUT2D eigenvalue weighted by Gasteiger charge is 2.17. The smallest absolute Gasteiger partial charge is 0.155 e. The second-order valence-electron chi connectivity index (χ2n) is 3.09. The predicted molar refractivity (Wildman–Crippen MR) is 55.2 cm³/mol. The lowest BCUT2D eigenvalue weighted by Crippen LogP contribution is -2.17. The minimum Gasteiger partial charge on any atom is -0.238 e. The molecule has 0 heterocycles. The van der Waals surface area contributed by atoms with Gasteiger partial charge >= 0.3 is 0 Å². The third-order valence-corrected chi connectivity index (χ3v) is 1.35. The number of halogens is 1. The third-order valence-electron chi connectivity index (χ3n) is 1.03. The molecule has 0 radical (unpaired) electrons. The van der Waals surface area contributed by atoms with Crippen LogP contribution in [0.25, 0.3) is 0 Å². The normalized spacial score (nSPS) is 14.0. The Morgan fingerprint density at radius 1 is 1.45 bits per heavy atom. The first-order valence-corrected chi connectivity index (χ1v) is 4.48. The summed E-state index contributed by atoms with van der Waals surface area (Å²) in [4.78, 5) is 4.01. The van der Waals surface area contributed by atoms with Gasteiger partial charge in [0.15, 0.2) is 5.84 Å². The van der Waals surface area contributed by atoms with Gasteiger partial charge in [0.25, 0.3) is 0 Å². The topological polar surface area (TPSA) is 48.6 Å². The molecule has 0 unspecified atom stereocenters. The molecule has 11 heavy (non-hydrogen) atoms. The van der Waals surface area contributed by atoms with E-state index in [0.29, 0.717) is 5.84 Å². The van der Waals surface area contributed by atoms with Crippen molar-refractivity contribution in [3.8, 4) is 0 Å². The van der Waals surface area contributed by atoms with Gasteiger partial charge in [-0.3, -0.25) is 0 Å². The van der Waals surface area contributed by atoms with Gasteiger partial charge in [-0.1, -0.05) is 43.4 Å². The SMILES string of the molecule is CC(C)(C)/C(N=N)=N/C=C\I. The highest BCUT2D eigenvalue weighted by Crippen LogP contribution is 2.16. The van der Waals surface area contributed by atoms with E-state index in [0.717, 1.165) is 0 Å². The lowest BCUT2D eigenvalue weighted by atomic mass is 9.95. The van der Waals surface area contributed by atoms with Crippen LogP contribution in [0.4, 0.5) is 0 Å². The van der Waals surface area contributed by atoms with Crippen LogP contribution >= 0.6 is 22.6 Å². The zero-order valence-corrected chi connectivity index (χ0v) is 9.08. The van der Waals surface area contributed by atoms with Gasteiger partial charge in [0, 0.05) is 11.6 Å². The molecule has 0 spiro atoms. The number of aliphatic imine (C=N–C) groups is 1. The summed E-state index contributed by atoms with van der Waals surface area (Å²) >= 11 is 2.07. The van der Waals surface area contributed by atoms with Gasteiger partial charge in [0.1, 0.15) is 0 Å². The fourth-order valence-electron chi connectivity index (χ4n) is 0.489. The Morgan fingerprint density at radius 3 is 2.27 bits per heavy atom. The molecule has 0 aromatic rings. The van der Waals surface area contributed by atoms with Crippen LogP contribution in [-0.2, 0) is 0 Å². The maximum absolute atomic E-state index is 6.85. The van der Waals surface area contributed by atoms with E-state index >= 15 is 0 Å². The summed E-state index contributed by atoms with van der Waals surface area (Å²) in [6.45, 7) is 5.93. The van der Waals surface area contributed by atoms with Crippen LogP contribution in [0, 0.1) is 10.9 Å². The van der Waals surface area contributed by atoms with Crippen molar-refractivity contribution in [2.24, 2.45) is 15.5 Å². The monoisotopic (exact) mass is 265 g/mol. The zero-order chi connectivity index (χ0) is 8.91. The van der Waals surface area contributed by atoms with Gasteiger partial charge in [-0.05, 0) is 4.08 Å². The van der Waals surface area contributed by atoms with Gasteiger partial charge in [0.2, 0.25) is 0 Å². The number of hydrogen-bond donors (Lipinski definition) is 1. The van der Waals surface area contributed by atoms with E-state index in [1.54, 1.807) is 10.3 Å². The molecule has 0 fully saturated rings. The van der Waals surface area contributed by atoms with Crippen LogP contribution in [-0.4, -0.2) is 5.84 Å². The molecule has 0 aliphatic heterocycles. The number of hydrogen-bond acceptors (Lipinski definition) is 2. The highest BCUT2D eigenvalue weighted by atomic mass is 127. The molecule has 0 amide bonds. The molecule has 0 saturated heterocycles. The molecule has 0 aromatic heterocycles. The number of nitrogens with one attached hydrogen (secondary N) is 1. The van der Waals surface area contributed by atoms with E-state index in [4.69, 9.17) is 5.53 Å². The van der Waals surface area contributed by atoms with E-state index in [-0.39, 0.29) is 5.41 Å². The molecule has 0 aromatic carbocycles. The molecule has 1 N–H and O–H groups in total. The first-order valence-electron chi connectivity index (χ1n) is 3.23. The van der Waals surface area contributed by atoms with Crippen LogP contribution in [0.1, 0.15) is 20.8 Å².